The van der Waals surface area contributed by atoms with Crippen molar-refractivity contribution >= 4 is 16.9 Å². The fourth-order valence-electron chi connectivity index (χ4n) is 4.18. The molecule has 6 nitrogen and oxygen atoms in total. The molecule has 2 aromatic heterocycles. The summed E-state index contributed by atoms with van der Waals surface area (Å²) in [5.41, 5.74) is -1.56. The van der Waals surface area contributed by atoms with Crippen molar-refractivity contribution < 1.29 is 40.3 Å². The topological polar surface area (TPSA) is 76.4 Å². The minimum atomic E-state index is -4.64. The SMILES string of the molecule is Cc1oc2ccc(OCc3cccnc3C(F)(F)F)cc2c1C(=O)NC1(CNC(F)C(F)F)CCC1. The van der Waals surface area contributed by atoms with Gasteiger partial charge in [-0.3, -0.25) is 15.1 Å². The van der Waals surface area contributed by atoms with Crippen LogP contribution in [0.2, 0.25) is 0 Å². The molecule has 4 rings (SSSR count). The number of alkyl halides is 6. The van der Waals surface area contributed by atoms with Gasteiger partial charge in [0, 0.05) is 23.7 Å². The second-order valence-corrected chi connectivity index (χ2v) is 8.69. The maximum absolute atomic E-state index is 13.4. The summed E-state index contributed by atoms with van der Waals surface area (Å²) >= 11 is 0. The van der Waals surface area contributed by atoms with Gasteiger partial charge in [-0.15, -0.1) is 0 Å². The van der Waals surface area contributed by atoms with E-state index in [1.165, 1.54) is 30.3 Å². The van der Waals surface area contributed by atoms with Crippen molar-refractivity contribution in [1.82, 2.24) is 15.6 Å². The number of fused-ring (bicyclic) bond motifs is 1. The summed E-state index contributed by atoms with van der Waals surface area (Å²) < 4.78 is 89.2. The molecule has 194 valence electrons. The summed E-state index contributed by atoms with van der Waals surface area (Å²) in [5.74, 6) is -0.0554. The monoisotopic (exact) mass is 515 g/mol. The van der Waals surface area contributed by atoms with Crippen LogP contribution in [0.5, 0.6) is 5.75 Å². The largest absolute Gasteiger partial charge is 0.489 e. The summed E-state index contributed by atoms with van der Waals surface area (Å²) in [6.07, 6.45) is -7.58. The Morgan fingerprint density at radius 2 is 1.97 bits per heavy atom. The molecule has 2 N–H and O–H groups in total. The number of hydrogen-bond donors (Lipinski definition) is 2. The van der Waals surface area contributed by atoms with Crippen LogP contribution in [0.25, 0.3) is 11.0 Å². The first-order valence-electron chi connectivity index (χ1n) is 11.1. The Kier molecular flexibility index (Phi) is 7.17. The van der Waals surface area contributed by atoms with E-state index in [2.05, 4.69) is 15.6 Å². The minimum Gasteiger partial charge on any atom is -0.489 e. The van der Waals surface area contributed by atoms with Crippen LogP contribution in [-0.4, -0.2) is 35.7 Å². The highest BCUT2D eigenvalue weighted by molar-refractivity contribution is 6.07. The highest BCUT2D eigenvalue weighted by Gasteiger charge is 2.40. The van der Waals surface area contributed by atoms with Crippen LogP contribution < -0.4 is 15.4 Å². The molecule has 1 aliphatic carbocycles. The first-order valence-corrected chi connectivity index (χ1v) is 11.1. The van der Waals surface area contributed by atoms with E-state index in [0.717, 1.165) is 12.6 Å². The Bertz CT molecular complexity index is 1240. The Labute approximate surface area is 202 Å². The summed E-state index contributed by atoms with van der Waals surface area (Å²) in [5, 5.41) is 5.30. The van der Waals surface area contributed by atoms with Crippen molar-refractivity contribution in [3.05, 3.63) is 59.1 Å². The maximum Gasteiger partial charge on any atom is 0.433 e. The molecule has 36 heavy (non-hydrogen) atoms. The third-order valence-electron chi connectivity index (χ3n) is 6.16. The van der Waals surface area contributed by atoms with E-state index in [9.17, 15) is 31.1 Å². The third-order valence-corrected chi connectivity index (χ3v) is 6.16. The van der Waals surface area contributed by atoms with Gasteiger partial charge in [0.25, 0.3) is 12.3 Å². The van der Waals surface area contributed by atoms with Gasteiger partial charge in [0.05, 0.1) is 11.1 Å². The van der Waals surface area contributed by atoms with Crippen molar-refractivity contribution in [1.29, 1.82) is 0 Å². The van der Waals surface area contributed by atoms with E-state index in [-0.39, 0.29) is 29.2 Å². The standard InChI is InChI=1S/C24H23F6N3O3/c1-13-18(22(34)33-23(7-3-8-23)12-32-21(27)20(25)26)16-10-15(5-6-17(16)36-13)35-11-14-4-2-9-31-19(14)24(28,29)30/h2,4-6,9-10,20-21,32H,3,7-8,11-12H2,1H3,(H,33,34). The third kappa shape index (κ3) is 5.43. The summed E-state index contributed by atoms with van der Waals surface area (Å²) in [6, 6.07) is 7.14. The summed E-state index contributed by atoms with van der Waals surface area (Å²) in [6.45, 7) is 0.997. The molecule has 1 aromatic carbocycles. The van der Waals surface area contributed by atoms with Crippen LogP contribution in [0.4, 0.5) is 26.3 Å². The number of furan rings is 1. The second kappa shape index (κ2) is 10.00. The quantitative estimate of drug-likeness (QED) is 0.289. The van der Waals surface area contributed by atoms with Crippen LogP contribution in [0.1, 0.15) is 46.6 Å². The zero-order valence-corrected chi connectivity index (χ0v) is 19.1. The van der Waals surface area contributed by atoms with Crippen molar-refractivity contribution in [3.63, 3.8) is 0 Å². The predicted molar refractivity (Wildman–Crippen MR) is 117 cm³/mol. The molecule has 0 saturated heterocycles. The lowest BCUT2D eigenvalue weighted by atomic mass is 9.76. The number of carbonyl (C=O) groups excluding carboxylic acids is 1. The second-order valence-electron chi connectivity index (χ2n) is 8.69. The lowest BCUT2D eigenvalue weighted by molar-refractivity contribution is -0.142. The van der Waals surface area contributed by atoms with Crippen LogP contribution in [0, 0.1) is 6.92 Å². The Balaban J connectivity index is 1.53. The number of ether oxygens (including phenoxy) is 1. The zero-order valence-electron chi connectivity index (χ0n) is 19.1. The lowest BCUT2D eigenvalue weighted by Crippen LogP contribution is -2.60. The molecule has 1 unspecified atom stereocenters. The molecule has 0 spiro atoms. The van der Waals surface area contributed by atoms with Gasteiger partial charge in [0.1, 0.15) is 23.7 Å². The van der Waals surface area contributed by atoms with E-state index >= 15 is 0 Å². The van der Waals surface area contributed by atoms with Gasteiger partial charge in [0.2, 0.25) is 6.30 Å². The van der Waals surface area contributed by atoms with E-state index in [4.69, 9.17) is 9.15 Å². The van der Waals surface area contributed by atoms with Gasteiger partial charge in [0.15, 0.2) is 5.69 Å². The summed E-state index contributed by atoms with van der Waals surface area (Å²) in [4.78, 5) is 16.6. The molecule has 1 atom stereocenters. The fourth-order valence-corrected chi connectivity index (χ4v) is 4.18. The van der Waals surface area contributed by atoms with Gasteiger partial charge >= 0.3 is 6.18 Å². The number of pyridine rings is 1. The number of hydrogen-bond acceptors (Lipinski definition) is 5. The molecular formula is C24H23F6N3O3. The van der Waals surface area contributed by atoms with Crippen molar-refractivity contribution in [2.24, 2.45) is 0 Å². The number of carbonyl (C=O) groups is 1. The van der Waals surface area contributed by atoms with Gasteiger partial charge in [-0.25, -0.2) is 13.2 Å². The van der Waals surface area contributed by atoms with Crippen LogP contribution in [0.15, 0.2) is 40.9 Å². The average Bonchev–Trinajstić information content (AvgIpc) is 3.13. The smallest absolute Gasteiger partial charge is 0.433 e. The van der Waals surface area contributed by atoms with E-state index in [1.54, 1.807) is 6.92 Å². The molecule has 1 fully saturated rings. The van der Waals surface area contributed by atoms with Crippen molar-refractivity contribution in [2.75, 3.05) is 6.54 Å². The maximum atomic E-state index is 13.4. The number of amides is 1. The number of nitrogens with one attached hydrogen (secondary N) is 2. The molecule has 1 amide bonds. The first-order chi connectivity index (χ1) is 17.0. The van der Waals surface area contributed by atoms with Crippen LogP contribution >= 0.6 is 0 Å². The number of nitrogens with zero attached hydrogens (tertiary/aromatic N) is 1. The number of benzene rings is 1. The predicted octanol–water partition coefficient (Wildman–Crippen LogP) is 5.54. The highest BCUT2D eigenvalue weighted by Crippen LogP contribution is 2.35. The van der Waals surface area contributed by atoms with Gasteiger partial charge in [-0.2, -0.15) is 13.2 Å². The Morgan fingerprint density at radius 1 is 1.22 bits per heavy atom. The highest BCUT2D eigenvalue weighted by atomic mass is 19.4. The minimum absolute atomic E-state index is 0.152. The lowest BCUT2D eigenvalue weighted by Gasteiger charge is -2.43. The number of aromatic nitrogens is 1. The van der Waals surface area contributed by atoms with Gasteiger partial charge in [-0.1, -0.05) is 6.07 Å². The molecule has 2 heterocycles. The first kappa shape index (κ1) is 25.8. The Morgan fingerprint density at radius 3 is 2.61 bits per heavy atom. The molecule has 0 bridgehead atoms. The zero-order chi connectivity index (χ0) is 26.1. The molecule has 0 radical (unpaired) electrons. The Hall–Kier alpha value is -3.28. The van der Waals surface area contributed by atoms with Crippen LogP contribution in [0.3, 0.4) is 0 Å². The molecule has 1 saturated carbocycles. The number of aryl methyl sites for hydroxylation is 1. The number of rotatable bonds is 9. The van der Waals surface area contributed by atoms with E-state index in [0.29, 0.717) is 23.8 Å². The fraction of sp³-hybridized carbons (Fsp3) is 0.417. The molecular weight excluding hydrogens is 492 g/mol. The van der Waals surface area contributed by atoms with Gasteiger partial charge < -0.3 is 14.5 Å². The van der Waals surface area contributed by atoms with Gasteiger partial charge in [-0.05, 0) is 50.5 Å². The average molecular weight is 515 g/mol. The van der Waals surface area contributed by atoms with Crippen molar-refractivity contribution in [2.45, 2.75) is 57.2 Å². The number of halogens is 6. The summed E-state index contributed by atoms with van der Waals surface area (Å²) in [7, 11) is 0. The van der Waals surface area contributed by atoms with E-state index in [1.807, 2.05) is 0 Å². The van der Waals surface area contributed by atoms with Crippen molar-refractivity contribution in [3.8, 4) is 5.75 Å². The van der Waals surface area contributed by atoms with Crippen LogP contribution in [-0.2, 0) is 12.8 Å². The van der Waals surface area contributed by atoms with E-state index < -0.39 is 42.6 Å². The molecule has 0 aliphatic heterocycles. The normalized spacial score (nSPS) is 16.1. The molecule has 3 aromatic rings. The molecule has 1 aliphatic rings. The molecule has 12 heteroatoms.